The Bertz CT molecular complexity index is 1570. The van der Waals surface area contributed by atoms with Crippen LogP contribution >= 0.6 is 11.3 Å². The van der Waals surface area contributed by atoms with Crippen molar-refractivity contribution in [3.8, 4) is 5.75 Å². The van der Waals surface area contributed by atoms with Crippen molar-refractivity contribution in [2.75, 3.05) is 17.7 Å². The second-order valence-electron chi connectivity index (χ2n) is 7.74. The van der Waals surface area contributed by atoms with Crippen molar-refractivity contribution in [1.82, 2.24) is 9.55 Å². The summed E-state index contributed by atoms with van der Waals surface area (Å²) >= 11 is 1.36. The fourth-order valence-electron chi connectivity index (χ4n) is 3.79. The number of rotatable bonds is 7. The molecule has 9 heteroatoms. The van der Waals surface area contributed by atoms with Gasteiger partial charge in [0.25, 0.3) is 11.7 Å². The highest BCUT2D eigenvalue weighted by Crippen LogP contribution is 2.29. The van der Waals surface area contributed by atoms with Crippen LogP contribution in [0.2, 0.25) is 0 Å². The molecule has 3 aromatic carbocycles. The van der Waals surface area contributed by atoms with Gasteiger partial charge in [-0.15, -0.1) is 0 Å². The third-order valence-electron chi connectivity index (χ3n) is 5.43. The maximum atomic E-state index is 13.0. The molecule has 0 spiro atoms. The molecule has 0 aliphatic heterocycles. The van der Waals surface area contributed by atoms with Crippen molar-refractivity contribution < 1.29 is 19.1 Å². The number of ketones is 1. The van der Waals surface area contributed by atoms with Crippen molar-refractivity contribution in [3.63, 3.8) is 0 Å². The molecule has 0 radical (unpaired) electrons. The summed E-state index contributed by atoms with van der Waals surface area (Å²) < 4.78 is 7.80. The number of hydrogen-bond acceptors (Lipinski definition) is 6. The summed E-state index contributed by atoms with van der Waals surface area (Å²) in [7, 11) is 1.59. The molecule has 0 bridgehead atoms. The molecular formula is C26H20N4O4S. The molecule has 0 saturated carbocycles. The van der Waals surface area contributed by atoms with Crippen molar-refractivity contribution >= 4 is 60.9 Å². The molecule has 0 aliphatic carbocycles. The molecular weight excluding hydrogens is 464 g/mol. The van der Waals surface area contributed by atoms with Crippen molar-refractivity contribution in [1.29, 1.82) is 0 Å². The number of thiazole rings is 1. The largest absolute Gasteiger partial charge is 0.497 e. The zero-order valence-electron chi connectivity index (χ0n) is 18.6. The van der Waals surface area contributed by atoms with Crippen molar-refractivity contribution in [2.24, 2.45) is 0 Å². The summed E-state index contributed by atoms with van der Waals surface area (Å²) in [5.74, 6) is -1.03. The lowest BCUT2D eigenvalue weighted by Crippen LogP contribution is -2.23. The summed E-state index contributed by atoms with van der Waals surface area (Å²) in [6.45, 7) is -0.0483. The smallest absolute Gasteiger partial charge is 0.296 e. The predicted molar refractivity (Wildman–Crippen MR) is 136 cm³/mol. The first-order valence-electron chi connectivity index (χ1n) is 10.7. The van der Waals surface area contributed by atoms with Gasteiger partial charge < -0.3 is 19.9 Å². The first kappa shape index (κ1) is 22.3. The summed E-state index contributed by atoms with van der Waals surface area (Å²) in [4.78, 5) is 42.8. The number of ether oxygens (including phenoxy) is 1. The minimum Gasteiger partial charge on any atom is -0.497 e. The lowest BCUT2D eigenvalue weighted by Gasteiger charge is -2.05. The van der Waals surface area contributed by atoms with E-state index in [0.29, 0.717) is 27.5 Å². The number of carbonyl (C=O) groups is 3. The van der Waals surface area contributed by atoms with E-state index >= 15 is 0 Å². The Kier molecular flexibility index (Phi) is 5.99. The molecule has 2 aromatic heterocycles. The van der Waals surface area contributed by atoms with E-state index in [9.17, 15) is 14.4 Å². The fourth-order valence-corrected chi connectivity index (χ4v) is 4.65. The molecule has 5 aromatic rings. The Labute approximate surface area is 204 Å². The minimum atomic E-state index is -0.742. The Morgan fingerprint density at radius 1 is 0.971 bits per heavy atom. The van der Waals surface area contributed by atoms with Crippen LogP contribution in [0.25, 0.3) is 21.1 Å². The van der Waals surface area contributed by atoms with Gasteiger partial charge in [-0.3, -0.25) is 14.4 Å². The normalized spacial score (nSPS) is 10.9. The monoisotopic (exact) mass is 484 g/mol. The average Bonchev–Trinajstić information content (AvgIpc) is 3.44. The van der Waals surface area contributed by atoms with Gasteiger partial charge in [0.2, 0.25) is 5.91 Å². The number of hydrogen-bond donors (Lipinski definition) is 2. The van der Waals surface area contributed by atoms with E-state index in [0.717, 1.165) is 10.2 Å². The van der Waals surface area contributed by atoms with Crippen LogP contribution < -0.4 is 15.4 Å². The number of methoxy groups -OCH3 is 1. The maximum absolute atomic E-state index is 13.0. The number of Topliss-reactive ketones (excluding diaryl/α,β-unsaturated/α-hetero) is 1. The summed E-state index contributed by atoms with van der Waals surface area (Å²) in [6, 6.07) is 21.5. The van der Waals surface area contributed by atoms with Gasteiger partial charge in [0.15, 0.2) is 5.13 Å². The zero-order valence-corrected chi connectivity index (χ0v) is 19.5. The van der Waals surface area contributed by atoms with Crippen LogP contribution in [-0.4, -0.2) is 34.3 Å². The summed E-state index contributed by atoms with van der Waals surface area (Å²) in [5.41, 5.74) is 2.16. The lowest BCUT2D eigenvalue weighted by molar-refractivity contribution is -0.116. The number of anilines is 2. The predicted octanol–water partition coefficient (Wildman–Crippen LogP) is 4.72. The SMILES string of the molecule is COc1ccc2sc(NC(=O)Cn3cc(C(=O)C(=O)Nc4ccccc4)c4ccccc43)nc2c1. The van der Waals surface area contributed by atoms with E-state index in [4.69, 9.17) is 4.74 Å². The van der Waals surface area contributed by atoms with Crippen LogP contribution in [0, 0.1) is 0 Å². The number of nitrogens with zero attached hydrogens (tertiary/aromatic N) is 2. The molecule has 174 valence electrons. The topological polar surface area (TPSA) is 102 Å². The highest BCUT2D eigenvalue weighted by molar-refractivity contribution is 7.22. The molecule has 0 saturated heterocycles. The first-order chi connectivity index (χ1) is 17.0. The minimum absolute atomic E-state index is 0.0483. The maximum Gasteiger partial charge on any atom is 0.296 e. The second kappa shape index (κ2) is 9.40. The van der Waals surface area contributed by atoms with E-state index in [1.54, 1.807) is 66.4 Å². The zero-order chi connectivity index (χ0) is 24.4. The number of amides is 2. The lowest BCUT2D eigenvalue weighted by atomic mass is 10.1. The third kappa shape index (κ3) is 4.62. The molecule has 5 rings (SSSR count). The number of para-hydroxylation sites is 2. The Balaban J connectivity index is 1.36. The van der Waals surface area contributed by atoms with Gasteiger partial charge in [0, 0.05) is 28.9 Å². The van der Waals surface area contributed by atoms with Crippen molar-refractivity contribution in [3.05, 3.63) is 84.6 Å². The quantitative estimate of drug-likeness (QED) is 0.257. The Hall–Kier alpha value is -4.50. The van der Waals surface area contributed by atoms with E-state index < -0.39 is 11.7 Å². The Morgan fingerprint density at radius 2 is 1.74 bits per heavy atom. The molecule has 35 heavy (non-hydrogen) atoms. The average molecular weight is 485 g/mol. The summed E-state index contributed by atoms with van der Waals surface area (Å²) in [5, 5.41) is 6.50. The molecule has 2 amide bonds. The fraction of sp³-hybridized carbons (Fsp3) is 0.0769. The third-order valence-corrected chi connectivity index (χ3v) is 6.38. The van der Waals surface area contributed by atoms with Crippen LogP contribution in [0.4, 0.5) is 10.8 Å². The van der Waals surface area contributed by atoms with Crippen LogP contribution in [0.1, 0.15) is 10.4 Å². The molecule has 0 unspecified atom stereocenters. The van der Waals surface area contributed by atoms with Gasteiger partial charge in [-0.25, -0.2) is 4.98 Å². The standard InChI is InChI=1S/C26H20N4O4S/c1-34-17-11-12-22-20(13-17)28-26(35-22)29-23(31)15-30-14-19(18-9-5-6-10-21(18)30)24(32)25(33)27-16-7-3-2-4-8-16/h2-14H,15H2,1H3,(H,27,33)(H,28,29,31). The van der Waals surface area contributed by atoms with E-state index in [-0.39, 0.29) is 18.0 Å². The number of nitrogens with one attached hydrogen (secondary N) is 2. The van der Waals surface area contributed by atoms with Crippen LogP contribution in [0.5, 0.6) is 5.75 Å². The highest BCUT2D eigenvalue weighted by Gasteiger charge is 2.22. The molecule has 8 nitrogen and oxygen atoms in total. The van der Waals surface area contributed by atoms with Crippen LogP contribution in [-0.2, 0) is 16.1 Å². The molecule has 0 aliphatic rings. The van der Waals surface area contributed by atoms with Gasteiger partial charge in [0.05, 0.1) is 22.9 Å². The molecule has 0 atom stereocenters. The highest BCUT2D eigenvalue weighted by atomic mass is 32.1. The van der Waals surface area contributed by atoms with Gasteiger partial charge in [-0.05, 0) is 30.3 Å². The first-order valence-corrected chi connectivity index (χ1v) is 11.6. The second-order valence-corrected chi connectivity index (χ2v) is 8.77. The molecule has 0 fully saturated rings. The number of fused-ring (bicyclic) bond motifs is 2. The summed E-state index contributed by atoms with van der Waals surface area (Å²) in [6.07, 6.45) is 1.54. The number of carbonyl (C=O) groups excluding carboxylic acids is 3. The Morgan fingerprint density at radius 3 is 2.54 bits per heavy atom. The number of benzene rings is 3. The van der Waals surface area contributed by atoms with Gasteiger partial charge in [-0.1, -0.05) is 47.7 Å². The molecule has 2 N–H and O–H groups in total. The number of aromatic nitrogens is 2. The van der Waals surface area contributed by atoms with Crippen LogP contribution in [0.15, 0.2) is 79.0 Å². The van der Waals surface area contributed by atoms with E-state index in [2.05, 4.69) is 15.6 Å². The molecule has 2 heterocycles. The van der Waals surface area contributed by atoms with Gasteiger partial charge >= 0.3 is 0 Å². The van der Waals surface area contributed by atoms with Crippen LogP contribution in [0.3, 0.4) is 0 Å². The van der Waals surface area contributed by atoms with Gasteiger partial charge in [0.1, 0.15) is 12.3 Å². The van der Waals surface area contributed by atoms with E-state index in [1.165, 1.54) is 11.3 Å². The van der Waals surface area contributed by atoms with Gasteiger partial charge in [-0.2, -0.15) is 0 Å². The van der Waals surface area contributed by atoms with E-state index in [1.807, 2.05) is 24.3 Å². The van der Waals surface area contributed by atoms with Crippen molar-refractivity contribution in [2.45, 2.75) is 6.54 Å².